The molecule has 3 aromatic rings. The summed E-state index contributed by atoms with van der Waals surface area (Å²) in [6.45, 7) is 5.46. The second-order valence-corrected chi connectivity index (χ2v) is 7.66. The van der Waals surface area contributed by atoms with Crippen LogP contribution >= 0.6 is 0 Å². The Bertz CT molecular complexity index is 1030. The molecule has 0 aliphatic carbocycles. The van der Waals surface area contributed by atoms with Gasteiger partial charge in [0.25, 0.3) is 5.56 Å². The summed E-state index contributed by atoms with van der Waals surface area (Å²) in [5.74, 6) is 0. The fourth-order valence-electron chi connectivity index (χ4n) is 3.78. The number of fused-ring (bicyclic) bond motifs is 1. The summed E-state index contributed by atoms with van der Waals surface area (Å²) in [7, 11) is 0. The third-order valence-electron chi connectivity index (χ3n) is 5.45. The lowest BCUT2D eigenvalue weighted by Crippen LogP contribution is -2.40. The van der Waals surface area contributed by atoms with Crippen molar-refractivity contribution in [3.8, 4) is 5.69 Å². The minimum Gasteiger partial charge on any atom is -0.293 e. The first-order valence-corrected chi connectivity index (χ1v) is 10.9. The molecule has 0 unspecified atom stereocenters. The number of hydrogen-bond acceptors (Lipinski definition) is 3. The number of hydrogen-bond donors (Lipinski definition) is 0. The molecule has 6 heteroatoms. The Labute approximate surface area is 171 Å². The Kier molecular flexibility index (Phi) is 7.44. The van der Waals surface area contributed by atoms with E-state index in [0.29, 0.717) is 18.5 Å². The number of aryl methyl sites for hydroxylation is 1. The first kappa shape index (κ1) is 21.1. The van der Waals surface area contributed by atoms with E-state index in [1.54, 1.807) is 15.4 Å². The monoisotopic (exact) mass is 396 g/mol. The van der Waals surface area contributed by atoms with Crippen LogP contribution in [0, 0.1) is 0 Å². The van der Waals surface area contributed by atoms with Crippen LogP contribution in [0.4, 0.5) is 0 Å². The molecule has 0 saturated carbocycles. The smallest absolute Gasteiger partial charge is 0.293 e. The molecule has 0 atom stereocenters. The topological polar surface area (TPSA) is 61.8 Å². The van der Waals surface area contributed by atoms with Crippen LogP contribution in [0.2, 0.25) is 0 Å². The lowest BCUT2D eigenvalue weighted by Gasteiger charge is -2.15. The summed E-state index contributed by atoms with van der Waals surface area (Å²) in [6.07, 6.45) is 12.0. The van der Waals surface area contributed by atoms with Gasteiger partial charge in [0, 0.05) is 25.5 Å². The average Bonchev–Trinajstić information content (AvgIpc) is 3.27. The van der Waals surface area contributed by atoms with Crippen LogP contribution in [0.25, 0.3) is 16.6 Å². The van der Waals surface area contributed by atoms with Crippen LogP contribution in [0.15, 0.2) is 46.2 Å². The van der Waals surface area contributed by atoms with Crippen molar-refractivity contribution in [2.75, 3.05) is 0 Å². The molecule has 0 spiro atoms. The van der Waals surface area contributed by atoms with E-state index in [2.05, 4.69) is 18.9 Å². The summed E-state index contributed by atoms with van der Waals surface area (Å²) >= 11 is 0. The molecule has 0 amide bonds. The van der Waals surface area contributed by atoms with Gasteiger partial charge < -0.3 is 0 Å². The van der Waals surface area contributed by atoms with E-state index in [1.165, 1.54) is 4.57 Å². The van der Waals surface area contributed by atoms with Crippen molar-refractivity contribution in [1.82, 2.24) is 18.9 Å². The van der Waals surface area contributed by atoms with Gasteiger partial charge in [-0.3, -0.25) is 13.9 Å². The lowest BCUT2D eigenvalue weighted by atomic mass is 10.1. The zero-order chi connectivity index (χ0) is 20.6. The van der Waals surface area contributed by atoms with E-state index in [-0.39, 0.29) is 11.2 Å². The Morgan fingerprint density at radius 2 is 1.55 bits per heavy atom. The van der Waals surface area contributed by atoms with E-state index < -0.39 is 0 Å². The maximum atomic E-state index is 13.2. The first-order chi connectivity index (χ1) is 14.2. The second-order valence-electron chi connectivity index (χ2n) is 7.66. The maximum absolute atomic E-state index is 13.2. The van der Waals surface area contributed by atoms with Crippen LogP contribution in [-0.4, -0.2) is 18.9 Å². The van der Waals surface area contributed by atoms with Crippen molar-refractivity contribution < 1.29 is 0 Å². The van der Waals surface area contributed by atoms with E-state index >= 15 is 0 Å². The van der Waals surface area contributed by atoms with E-state index in [0.717, 1.165) is 62.6 Å². The highest BCUT2D eigenvalue weighted by Gasteiger charge is 2.14. The highest BCUT2D eigenvalue weighted by atomic mass is 16.2. The Balaban J connectivity index is 2.05. The van der Waals surface area contributed by atoms with Gasteiger partial charge in [-0.1, -0.05) is 52.4 Å². The summed E-state index contributed by atoms with van der Waals surface area (Å²) in [5, 5.41) is 4.85. The van der Waals surface area contributed by atoms with Crippen molar-refractivity contribution in [2.45, 2.75) is 78.3 Å². The standard InChI is InChI=1S/C23H32N4O2/c1-3-5-7-9-15-25-21-13-12-19(27-17-11-14-24-27)18-20(21)22(28)26(23(25)29)16-10-8-6-4-2/h11-14,17-18H,3-10,15-16H2,1-2H3. The van der Waals surface area contributed by atoms with E-state index in [1.807, 2.05) is 30.5 Å². The van der Waals surface area contributed by atoms with Gasteiger partial charge in [-0.15, -0.1) is 0 Å². The number of rotatable bonds is 11. The molecule has 0 saturated heterocycles. The van der Waals surface area contributed by atoms with Crippen LogP contribution in [-0.2, 0) is 13.1 Å². The molecule has 1 aromatic carbocycles. The van der Waals surface area contributed by atoms with Crippen molar-refractivity contribution in [1.29, 1.82) is 0 Å². The molecule has 0 radical (unpaired) electrons. The molecule has 0 aliphatic rings. The van der Waals surface area contributed by atoms with E-state index in [9.17, 15) is 9.59 Å². The quantitative estimate of drug-likeness (QED) is 0.448. The predicted octanol–water partition coefficient (Wildman–Crippen LogP) is 4.51. The van der Waals surface area contributed by atoms with Gasteiger partial charge in [0.15, 0.2) is 0 Å². The molecular formula is C23H32N4O2. The zero-order valence-electron chi connectivity index (χ0n) is 17.6. The number of benzene rings is 1. The fraction of sp³-hybridized carbons (Fsp3) is 0.522. The normalized spacial score (nSPS) is 11.4. The average molecular weight is 397 g/mol. The molecule has 0 aliphatic heterocycles. The van der Waals surface area contributed by atoms with Crippen molar-refractivity contribution in [3.63, 3.8) is 0 Å². The van der Waals surface area contributed by atoms with Crippen LogP contribution in [0.5, 0.6) is 0 Å². The van der Waals surface area contributed by atoms with Gasteiger partial charge in [-0.2, -0.15) is 5.10 Å². The molecule has 2 heterocycles. The van der Waals surface area contributed by atoms with Crippen LogP contribution in [0.1, 0.15) is 65.2 Å². The summed E-state index contributed by atoms with van der Waals surface area (Å²) in [6, 6.07) is 7.51. The predicted molar refractivity (Wildman–Crippen MR) is 118 cm³/mol. The largest absolute Gasteiger partial charge is 0.331 e. The second kappa shape index (κ2) is 10.2. The van der Waals surface area contributed by atoms with Gasteiger partial charge in [-0.25, -0.2) is 9.48 Å². The van der Waals surface area contributed by atoms with Gasteiger partial charge >= 0.3 is 5.69 Å². The Hall–Kier alpha value is -2.63. The third-order valence-corrected chi connectivity index (χ3v) is 5.45. The van der Waals surface area contributed by atoms with Crippen LogP contribution in [0.3, 0.4) is 0 Å². The number of unbranched alkanes of at least 4 members (excludes halogenated alkanes) is 6. The molecule has 0 fully saturated rings. The summed E-state index contributed by atoms with van der Waals surface area (Å²) in [5.41, 5.74) is 1.17. The SMILES string of the molecule is CCCCCCn1c(=O)c2cc(-n3cccn3)ccc2n(CCCCCC)c1=O. The van der Waals surface area contributed by atoms with Gasteiger partial charge in [0.05, 0.1) is 16.6 Å². The molecule has 2 aromatic heterocycles. The van der Waals surface area contributed by atoms with E-state index in [4.69, 9.17) is 0 Å². The van der Waals surface area contributed by atoms with Gasteiger partial charge in [-0.05, 0) is 37.1 Å². The molecular weight excluding hydrogens is 364 g/mol. The summed E-state index contributed by atoms with van der Waals surface area (Å²) < 4.78 is 4.96. The third kappa shape index (κ3) is 4.86. The molecule has 0 bridgehead atoms. The molecule has 3 rings (SSSR count). The fourth-order valence-corrected chi connectivity index (χ4v) is 3.78. The van der Waals surface area contributed by atoms with Crippen LogP contribution < -0.4 is 11.2 Å². The molecule has 6 nitrogen and oxygen atoms in total. The molecule has 156 valence electrons. The molecule has 29 heavy (non-hydrogen) atoms. The summed E-state index contributed by atoms with van der Waals surface area (Å²) in [4.78, 5) is 26.3. The first-order valence-electron chi connectivity index (χ1n) is 10.9. The highest BCUT2D eigenvalue weighted by Crippen LogP contribution is 2.16. The minimum atomic E-state index is -0.194. The Morgan fingerprint density at radius 1 is 0.862 bits per heavy atom. The van der Waals surface area contributed by atoms with Gasteiger partial charge in [0.1, 0.15) is 0 Å². The number of aromatic nitrogens is 4. The lowest BCUT2D eigenvalue weighted by molar-refractivity contribution is 0.509. The minimum absolute atomic E-state index is 0.178. The van der Waals surface area contributed by atoms with Crippen molar-refractivity contribution in [2.24, 2.45) is 0 Å². The van der Waals surface area contributed by atoms with Crippen molar-refractivity contribution >= 4 is 10.9 Å². The Morgan fingerprint density at radius 3 is 2.17 bits per heavy atom. The van der Waals surface area contributed by atoms with Gasteiger partial charge in [0.2, 0.25) is 0 Å². The maximum Gasteiger partial charge on any atom is 0.331 e. The number of nitrogens with zero attached hydrogens (tertiary/aromatic N) is 4. The molecule has 0 N–H and O–H groups in total. The highest BCUT2D eigenvalue weighted by molar-refractivity contribution is 5.80. The van der Waals surface area contributed by atoms with Crippen molar-refractivity contribution in [3.05, 3.63) is 57.5 Å². The zero-order valence-corrected chi connectivity index (χ0v) is 17.6.